The lowest BCUT2D eigenvalue weighted by atomic mass is 10.5. The van der Waals surface area contributed by atoms with Crippen molar-refractivity contribution in [2.24, 2.45) is 5.18 Å². The highest BCUT2D eigenvalue weighted by Crippen LogP contribution is 1.82. The van der Waals surface area contributed by atoms with E-state index < -0.39 is 0 Å². The van der Waals surface area contributed by atoms with Gasteiger partial charge in [0.15, 0.2) is 0 Å². The molecule has 0 N–H and O–H groups in total. The average molecular weight is 129 g/mol. The summed E-state index contributed by atoms with van der Waals surface area (Å²) in [4.78, 5) is 9.51. The van der Waals surface area contributed by atoms with E-state index in [2.05, 4.69) is 11.8 Å². The third-order valence-corrected chi connectivity index (χ3v) is 0.774. The van der Waals surface area contributed by atoms with Gasteiger partial charge >= 0.3 is 0 Å². The van der Waals surface area contributed by atoms with Gasteiger partial charge in [-0.3, -0.25) is 0 Å². The largest absolute Gasteiger partial charge is 0.377 e. The fourth-order valence-corrected chi connectivity index (χ4v) is 0.398. The zero-order chi connectivity index (χ0) is 6.95. The topological polar surface area (TPSA) is 38.7 Å². The lowest BCUT2D eigenvalue weighted by molar-refractivity contribution is 0.161. The maximum Gasteiger partial charge on any atom is 0.0833 e. The van der Waals surface area contributed by atoms with Crippen molar-refractivity contribution in [1.82, 2.24) is 0 Å². The molecule has 0 aliphatic heterocycles. The lowest BCUT2D eigenvalue weighted by Gasteiger charge is -1.94. The predicted octanol–water partition coefficient (Wildman–Crippen LogP) is 1.35. The van der Waals surface area contributed by atoms with Gasteiger partial charge in [-0.2, -0.15) is 4.91 Å². The quantitative estimate of drug-likeness (QED) is 0.308. The first-order valence-corrected chi connectivity index (χ1v) is 2.89. The molecule has 0 atom stereocenters. The fourth-order valence-electron chi connectivity index (χ4n) is 0.398. The Morgan fingerprint density at radius 2 is 2.44 bits per heavy atom. The van der Waals surface area contributed by atoms with Crippen LogP contribution in [0.25, 0.3) is 0 Å². The molecule has 0 rings (SSSR count). The molecule has 0 aliphatic carbocycles. The van der Waals surface area contributed by atoms with Crippen LogP contribution < -0.4 is 0 Å². The lowest BCUT2D eigenvalue weighted by Crippen LogP contribution is -1.95. The molecular weight excluding hydrogens is 118 g/mol. The maximum atomic E-state index is 9.51. The Balaban J connectivity index is 2.74. The van der Waals surface area contributed by atoms with Crippen LogP contribution >= 0.6 is 0 Å². The van der Waals surface area contributed by atoms with Crippen LogP contribution in [-0.2, 0) is 4.74 Å². The number of hydrogen-bond acceptors (Lipinski definition) is 3. The van der Waals surface area contributed by atoms with Gasteiger partial charge in [0.2, 0.25) is 0 Å². The first-order chi connectivity index (χ1) is 4.41. The predicted molar refractivity (Wildman–Crippen MR) is 36.3 cm³/mol. The monoisotopic (exact) mass is 129 g/mol. The second-order valence-corrected chi connectivity index (χ2v) is 1.57. The third kappa shape index (κ3) is 7.30. The second-order valence-electron chi connectivity index (χ2n) is 1.57. The van der Waals surface area contributed by atoms with Crippen LogP contribution in [0.15, 0.2) is 17.8 Å². The molecule has 0 aromatic rings. The highest BCUT2D eigenvalue weighted by Gasteiger charge is 1.84. The number of hydrogen-bond donors (Lipinski definition) is 0. The van der Waals surface area contributed by atoms with Crippen LogP contribution in [0.1, 0.15) is 6.42 Å². The van der Waals surface area contributed by atoms with Crippen molar-refractivity contribution in [3.63, 3.8) is 0 Å². The van der Waals surface area contributed by atoms with E-state index in [1.54, 1.807) is 6.08 Å². The molecule has 0 aromatic carbocycles. The zero-order valence-electron chi connectivity index (χ0n) is 5.38. The van der Waals surface area contributed by atoms with E-state index in [0.717, 1.165) is 0 Å². The molecule has 3 heteroatoms. The number of nitrogens with zero attached hydrogens (tertiary/aromatic N) is 1. The molecule has 0 radical (unpaired) electrons. The average Bonchev–Trinajstić information content (AvgIpc) is 1.89. The molecule has 0 bridgehead atoms. The van der Waals surface area contributed by atoms with Gasteiger partial charge in [-0.15, -0.1) is 6.58 Å². The van der Waals surface area contributed by atoms with Crippen molar-refractivity contribution >= 4 is 0 Å². The Morgan fingerprint density at radius 1 is 1.67 bits per heavy atom. The highest BCUT2D eigenvalue weighted by atomic mass is 16.5. The van der Waals surface area contributed by atoms with Gasteiger partial charge in [0.1, 0.15) is 0 Å². The molecule has 9 heavy (non-hydrogen) atoms. The molecule has 0 saturated heterocycles. The van der Waals surface area contributed by atoms with E-state index >= 15 is 0 Å². The molecule has 0 aromatic heterocycles. The number of ether oxygens (including phenoxy) is 1. The molecule has 3 nitrogen and oxygen atoms in total. The summed E-state index contributed by atoms with van der Waals surface area (Å²) in [7, 11) is 0. The van der Waals surface area contributed by atoms with Gasteiger partial charge < -0.3 is 4.74 Å². The van der Waals surface area contributed by atoms with Crippen molar-refractivity contribution in [1.29, 1.82) is 0 Å². The summed E-state index contributed by atoms with van der Waals surface area (Å²) in [5, 5.41) is 2.68. The van der Waals surface area contributed by atoms with Gasteiger partial charge in [-0.05, 0) is 6.42 Å². The minimum absolute atomic E-state index is 0.344. The molecular formula is C6H11NO2. The molecule has 0 heterocycles. The minimum atomic E-state index is 0.344. The molecule has 0 aliphatic rings. The number of rotatable bonds is 6. The van der Waals surface area contributed by atoms with Gasteiger partial charge in [-0.25, -0.2) is 0 Å². The summed E-state index contributed by atoms with van der Waals surface area (Å²) in [5.74, 6) is 0. The van der Waals surface area contributed by atoms with Gasteiger partial charge in [0, 0.05) is 6.61 Å². The Bertz CT molecular complexity index is 73.1. The van der Waals surface area contributed by atoms with Crippen LogP contribution in [0.4, 0.5) is 0 Å². The van der Waals surface area contributed by atoms with Gasteiger partial charge in [0.05, 0.1) is 13.2 Å². The van der Waals surface area contributed by atoms with E-state index in [1.165, 1.54) is 0 Å². The summed E-state index contributed by atoms with van der Waals surface area (Å²) in [6.45, 7) is 4.96. The van der Waals surface area contributed by atoms with Crippen LogP contribution in [0.5, 0.6) is 0 Å². The SMILES string of the molecule is C=CCOCCCN=O. The molecule has 0 saturated carbocycles. The Kier molecular flexibility index (Phi) is 6.73. The summed E-state index contributed by atoms with van der Waals surface area (Å²) in [5.41, 5.74) is 0. The van der Waals surface area contributed by atoms with Crippen LogP contribution in [0.2, 0.25) is 0 Å². The first-order valence-electron chi connectivity index (χ1n) is 2.89. The smallest absolute Gasteiger partial charge is 0.0833 e. The van der Waals surface area contributed by atoms with E-state index in [4.69, 9.17) is 4.74 Å². The van der Waals surface area contributed by atoms with E-state index in [-0.39, 0.29) is 0 Å². The normalized spacial score (nSPS) is 8.89. The second kappa shape index (κ2) is 7.30. The summed E-state index contributed by atoms with van der Waals surface area (Å²) < 4.78 is 4.97. The summed E-state index contributed by atoms with van der Waals surface area (Å²) in [6, 6.07) is 0. The number of nitroso groups, excluding NO2 is 1. The van der Waals surface area contributed by atoms with Crippen molar-refractivity contribution in [2.45, 2.75) is 6.42 Å². The molecule has 0 spiro atoms. The van der Waals surface area contributed by atoms with Gasteiger partial charge in [0.25, 0.3) is 0 Å². The van der Waals surface area contributed by atoms with E-state index in [0.29, 0.717) is 26.2 Å². The first kappa shape index (κ1) is 8.30. The molecule has 0 unspecified atom stereocenters. The summed E-state index contributed by atoms with van der Waals surface area (Å²) in [6.07, 6.45) is 2.38. The van der Waals surface area contributed by atoms with Crippen LogP contribution in [0.3, 0.4) is 0 Å². The molecule has 0 fully saturated rings. The van der Waals surface area contributed by atoms with Crippen molar-refractivity contribution < 1.29 is 4.74 Å². The Labute approximate surface area is 54.7 Å². The standard InChI is InChI=1S/C6H11NO2/c1-2-5-9-6-3-4-7-8/h2H,1,3-6H2. The van der Waals surface area contributed by atoms with Gasteiger partial charge in [-0.1, -0.05) is 11.3 Å². The third-order valence-electron chi connectivity index (χ3n) is 0.774. The summed E-state index contributed by atoms with van der Waals surface area (Å²) >= 11 is 0. The van der Waals surface area contributed by atoms with Crippen LogP contribution in [0, 0.1) is 4.91 Å². The van der Waals surface area contributed by atoms with Crippen molar-refractivity contribution in [2.75, 3.05) is 19.8 Å². The molecule has 52 valence electrons. The highest BCUT2D eigenvalue weighted by molar-refractivity contribution is 4.63. The van der Waals surface area contributed by atoms with Crippen molar-refractivity contribution in [3.8, 4) is 0 Å². The van der Waals surface area contributed by atoms with E-state index in [1.807, 2.05) is 0 Å². The fraction of sp³-hybridized carbons (Fsp3) is 0.667. The Morgan fingerprint density at radius 3 is 3.00 bits per heavy atom. The maximum absolute atomic E-state index is 9.51. The van der Waals surface area contributed by atoms with Crippen molar-refractivity contribution in [3.05, 3.63) is 17.6 Å². The van der Waals surface area contributed by atoms with Crippen LogP contribution in [-0.4, -0.2) is 19.8 Å². The molecule has 0 amide bonds. The Hall–Kier alpha value is -0.700. The zero-order valence-corrected chi connectivity index (χ0v) is 5.38. The van der Waals surface area contributed by atoms with E-state index in [9.17, 15) is 4.91 Å². The minimum Gasteiger partial charge on any atom is -0.377 e.